The number of hydrogen-bond donors (Lipinski definition) is 2. The van der Waals surface area contributed by atoms with Gasteiger partial charge >= 0.3 is 6.01 Å². The Hall–Kier alpha value is -1.82. The van der Waals surface area contributed by atoms with E-state index in [9.17, 15) is 0 Å². The van der Waals surface area contributed by atoms with E-state index in [4.69, 9.17) is 16.3 Å². The zero-order valence-electron chi connectivity index (χ0n) is 9.44. The SMILES string of the molecule is COc1ncc(Cl)c(NC(C)c2cn[nH]c2)n1. The lowest BCUT2D eigenvalue weighted by Gasteiger charge is -2.13. The summed E-state index contributed by atoms with van der Waals surface area (Å²) < 4.78 is 4.94. The van der Waals surface area contributed by atoms with Crippen molar-refractivity contribution in [3.8, 4) is 6.01 Å². The Bertz CT molecular complexity index is 487. The van der Waals surface area contributed by atoms with Gasteiger partial charge in [-0.2, -0.15) is 10.1 Å². The largest absolute Gasteiger partial charge is 0.467 e. The van der Waals surface area contributed by atoms with Crippen molar-refractivity contribution >= 4 is 17.4 Å². The summed E-state index contributed by atoms with van der Waals surface area (Å²) in [4.78, 5) is 8.04. The lowest BCUT2D eigenvalue weighted by molar-refractivity contribution is 0.380. The van der Waals surface area contributed by atoms with E-state index in [0.29, 0.717) is 10.8 Å². The number of methoxy groups -OCH3 is 1. The number of ether oxygens (including phenoxy) is 1. The molecule has 17 heavy (non-hydrogen) atoms. The van der Waals surface area contributed by atoms with Crippen molar-refractivity contribution in [2.45, 2.75) is 13.0 Å². The highest BCUT2D eigenvalue weighted by atomic mass is 35.5. The number of hydrogen-bond acceptors (Lipinski definition) is 5. The number of aromatic amines is 1. The highest BCUT2D eigenvalue weighted by molar-refractivity contribution is 6.32. The molecule has 0 amide bonds. The molecule has 0 aliphatic carbocycles. The van der Waals surface area contributed by atoms with E-state index in [2.05, 4.69) is 25.5 Å². The Morgan fingerprint density at radius 1 is 1.47 bits per heavy atom. The van der Waals surface area contributed by atoms with E-state index in [1.807, 2.05) is 13.1 Å². The standard InChI is InChI=1S/C10H12ClN5O/c1-6(7-3-13-14-4-7)15-9-8(11)5-12-10(16-9)17-2/h3-6H,1-2H3,(H,13,14)(H,12,15,16). The summed E-state index contributed by atoms with van der Waals surface area (Å²) in [5.41, 5.74) is 1.01. The Labute approximate surface area is 103 Å². The van der Waals surface area contributed by atoms with Gasteiger partial charge in [-0.1, -0.05) is 11.6 Å². The second-order valence-electron chi connectivity index (χ2n) is 3.45. The first-order valence-corrected chi connectivity index (χ1v) is 5.40. The molecule has 2 N–H and O–H groups in total. The van der Waals surface area contributed by atoms with Gasteiger partial charge in [0.15, 0.2) is 5.82 Å². The Kier molecular flexibility index (Phi) is 3.43. The maximum atomic E-state index is 5.99. The first-order valence-electron chi connectivity index (χ1n) is 5.02. The van der Waals surface area contributed by atoms with Crippen LogP contribution in [0.1, 0.15) is 18.5 Å². The molecule has 0 bridgehead atoms. The molecule has 90 valence electrons. The van der Waals surface area contributed by atoms with Gasteiger partial charge in [-0.3, -0.25) is 5.10 Å². The van der Waals surface area contributed by atoms with E-state index < -0.39 is 0 Å². The van der Waals surface area contributed by atoms with Crippen molar-refractivity contribution in [2.75, 3.05) is 12.4 Å². The Morgan fingerprint density at radius 2 is 2.29 bits per heavy atom. The molecular weight excluding hydrogens is 242 g/mol. The molecule has 6 nitrogen and oxygen atoms in total. The maximum absolute atomic E-state index is 5.99. The van der Waals surface area contributed by atoms with Crippen molar-refractivity contribution in [3.63, 3.8) is 0 Å². The molecule has 0 spiro atoms. The molecule has 0 aliphatic heterocycles. The molecular formula is C10H12ClN5O. The number of nitrogens with zero attached hydrogens (tertiary/aromatic N) is 3. The fourth-order valence-corrected chi connectivity index (χ4v) is 1.48. The lowest BCUT2D eigenvalue weighted by atomic mass is 10.2. The van der Waals surface area contributed by atoms with Gasteiger partial charge in [0.05, 0.1) is 25.5 Å². The van der Waals surface area contributed by atoms with Crippen LogP contribution in [-0.2, 0) is 0 Å². The second-order valence-corrected chi connectivity index (χ2v) is 3.86. The van der Waals surface area contributed by atoms with E-state index in [1.165, 1.54) is 13.3 Å². The molecule has 0 fully saturated rings. The number of nitrogens with one attached hydrogen (secondary N) is 2. The topological polar surface area (TPSA) is 75.7 Å². The Balaban J connectivity index is 2.18. The summed E-state index contributed by atoms with van der Waals surface area (Å²) in [5.74, 6) is 0.534. The average molecular weight is 254 g/mol. The van der Waals surface area contributed by atoms with Crippen molar-refractivity contribution in [2.24, 2.45) is 0 Å². The smallest absolute Gasteiger partial charge is 0.318 e. The molecule has 2 heterocycles. The number of aromatic nitrogens is 4. The summed E-state index contributed by atoms with van der Waals surface area (Å²) in [6, 6.07) is 0.308. The van der Waals surface area contributed by atoms with E-state index >= 15 is 0 Å². The summed E-state index contributed by atoms with van der Waals surface area (Å²) in [7, 11) is 1.51. The van der Waals surface area contributed by atoms with E-state index in [-0.39, 0.29) is 12.1 Å². The van der Waals surface area contributed by atoms with Crippen LogP contribution in [0.25, 0.3) is 0 Å². The van der Waals surface area contributed by atoms with E-state index in [0.717, 1.165) is 5.56 Å². The first kappa shape index (κ1) is 11.7. The predicted octanol–water partition coefficient (Wildman–Crippen LogP) is 2.03. The normalized spacial score (nSPS) is 12.2. The van der Waals surface area contributed by atoms with Gasteiger partial charge in [-0.05, 0) is 6.92 Å². The van der Waals surface area contributed by atoms with Crippen LogP contribution in [0, 0.1) is 0 Å². The number of anilines is 1. The highest BCUT2D eigenvalue weighted by Crippen LogP contribution is 2.24. The van der Waals surface area contributed by atoms with Gasteiger partial charge in [-0.15, -0.1) is 0 Å². The zero-order valence-corrected chi connectivity index (χ0v) is 10.2. The van der Waals surface area contributed by atoms with Crippen LogP contribution in [0.4, 0.5) is 5.82 Å². The van der Waals surface area contributed by atoms with Crippen molar-refractivity contribution < 1.29 is 4.74 Å². The Morgan fingerprint density at radius 3 is 2.94 bits per heavy atom. The van der Waals surface area contributed by atoms with Gasteiger partial charge in [0.1, 0.15) is 5.02 Å². The van der Waals surface area contributed by atoms with Crippen LogP contribution in [0.15, 0.2) is 18.6 Å². The molecule has 2 aromatic rings. The van der Waals surface area contributed by atoms with Gasteiger partial charge in [-0.25, -0.2) is 4.98 Å². The predicted molar refractivity (Wildman–Crippen MR) is 64.2 cm³/mol. The minimum Gasteiger partial charge on any atom is -0.467 e. The van der Waals surface area contributed by atoms with Crippen LogP contribution >= 0.6 is 11.6 Å². The van der Waals surface area contributed by atoms with Gasteiger partial charge in [0.2, 0.25) is 0 Å². The third kappa shape index (κ3) is 2.65. The molecule has 0 radical (unpaired) electrons. The molecule has 0 saturated heterocycles. The highest BCUT2D eigenvalue weighted by Gasteiger charge is 2.11. The molecule has 7 heteroatoms. The summed E-state index contributed by atoms with van der Waals surface area (Å²) in [5, 5.41) is 10.2. The molecule has 0 aromatic carbocycles. The number of rotatable bonds is 4. The zero-order chi connectivity index (χ0) is 12.3. The molecule has 1 atom stereocenters. The molecule has 0 saturated carbocycles. The van der Waals surface area contributed by atoms with Crippen LogP contribution in [0.5, 0.6) is 6.01 Å². The quantitative estimate of drug-likeness (QED) is 0.872. The van der Waals surface area contributed by atoms with Gasteiger partial charge in [0.25, 0.3) is 0 Å². The average Bonchev–Trinajstić information content (AvgIpc) is 2.85. The maximum Gasteiger partial charge on any atom is 0.318 e. The third-order valence-electron chi connectivity index (χ3n) is 2.28. The minimum atomic E-state index is 0.0332. The van der Waals surface area contributed by atoms with Crippen molar-refractivity contribution in [1.29, 1.82) is 0 Å². The second kappa shape index (κ2) is 5.01. The summed E-state index contributed by atoms with van der Waals surface area (Å²) >= 11 is 5.99. The van der Waals surface area contributed by atoms with E-state index in [1.54, 1.807) is 6.20 Å². The molecule has 0 aliphatic rings. The van der Waals surface area contributed by atoms with Crippen LogP contribution in [-0.4, -0.2) is 27.3 Å². The fourth-order valence-electron chi connectivity index (χ4n) is 1.34. The van der Waals surface area contributed by atoms with Gasteiger partial charge < -0.3 is 10.1 Å². The third-order valence-corrected chi connectivity index (χ3v) is 2.55. The molecule has 2 rings (SSSR count). The fraction of sp³-hybridized carbons (Fsp3) is 0.300. The number of halogens is 1. The van der Waals surface area contributed by atoms with Crippen molar-refractivity contribution in [1.82, 2.24) is 20.2 Å². The van der Waals surface area contributed by atoms with Crippen molar-refractivity contribution in [3.05, 3.63) is 29.2 Å². The monoisotopic (exact) mass is 253 g/mol. The first-order chi connectivity index (χ1) is 8.20. The van der Waals surface area contributed by atoms with Gasteiger partial charge in [0, 0.05) is 11.8 Å². The lowest BCUT2D eigenvalue weighted by Crippen LogP contribution is -2.08. The summed E-state index contributed by atoms with van der Waals surface area (Å²) in [6.45, 7) is 1.98. The number of H-pyrrole nitrogens is 1. The van der Waals surface area contributed by atoms with Crippen LogP contribution in [0.3, 0.4) is 0 Å². The molecule has 2 aromatic heterocycles. The minimum absolute atomic E-state index is 0.0332. The van der Waals surface area contributed by atoms with Crippen LogP contribution < -0.4 is 10.1 Å². The molecule has 1 unspecified atom stereocenters. The summed E-state index contributed by atoms with van der Waals surface area (Å²) in [6.07, 6.45) is 5.05. The van der Waals surface area contributed by atoms with Crippen LogP contribution in [0.2, 0.25) is 5.02 Å².